The lowest BCUT2D eigenvalue weighted by Gasteiger charge is -2.29. The summed E-state index contributed by atoms with van der Waals surface area (Å²) >= 11 is 0. The summed E-state index contributed by atoms with van der Waals surface area (Å²) in [5.41, 5.74) is 3.92. The smallest absolute Gasteiger partial charge is 0.227 e. The van der Waals surface area contributed by atoms with Gasteiger partial charge in [-0.15, -0.1) is 0 Å². The molecule has 2 aromatic rings. The molecule has 1 fully saturated rings. The van der Waals surface area contributed by atoms with Gasteiger partial charge in [0.1, 0.15) is 5.76 Å². The standard InChI is InChI=1S/C22H30N2O4S/c1-14(2)29(26,27)24-18-9-7-17(8-10-18)22(25)23-20-12-11-19(15(3)16(20)4)21-6-5-13-28-21/h5-6,11-14,17-18,24H,7-10H2,1-4H3,(H,23,25). The summed E-state index contributed by atoms with van der Waals surface area (Å²) < 4.78 is 32.3. The first-order valence-electron chi connectivity index (χ1n) is 10.1. The highest BCUT2D eigenvalue weighted by Gasteiger charge is 2.29. The molecule has 1 aliphatic carbocycles. The number of benzene rings is 1. The summed E-state index contributed by atoms with van der Waals surface area (Å²) in [5, 5.41) is 2.62. The molecule has 0 saturated heterocycles. The minimum absolute atomic E-state index is 0.00316. The average molecular weight is 419 g/mol. The Labute approximate surface area is 173 Å². The van der Waals surface area contributed by atoms with E-state index in [1.54, 1.807) is 20.1 Å². The van der Waals surface area contributed by atoms with Crippen molar-refractivity contribution in [1.82, 2.24) is 4.72 Å². The molecule has 2 N–H and O–H groups in total. The van der Waals surface area contributed by atoms with Gasteiger partial charge in [-0.2, -0.15) is 0 Å². The predicted molar refractivity (Wildman–Crippen MR) is 115 cm³/mol. The number of furan rings is 1. The van der Waals surface area contributed by atoms with Crippen molar-refractivity contribution >= 4 is 21.6 Å². The third-order valence-electron chi connectivity index (χ3n) is 5.88. The van der Waals surface area contributed by atoms with Gasteiger partial charge < -0.3 is 9.73 Å². The number of nitrogens with one attached hydrogen (secondary N) is 2. The molecule has 1 saturated carbocycles. The van der Waals surface area contributed by atoms with Gasteiger partial charge in [0.15, 0.2) is 0 Å². The Bertz CT molecular complexity index is 957. The highest BCUT2D eigenvalue weighted by molar-refractivity contribution is 7.90. The second kappa shape index (κ2) is 8.71. The van der Waals surface area contributed by atoms with Crippen LogP contribution in [0.25, 0.3) is 11.3 Å². The van der Waals surface area contributed by atoms with Crippen LogP contribution in [-0.4, -0.2) is 25.6 Å². The van der Waals surface area contributed by atoms with Crippen molar-refractivity contribution in [2.75, 3.05) is 5.32 Å². The van der Waals surface area contributed by atoms with E-state index in [0.29, 0.717) is 25.7 Å². The number of hydrogen-bond donors (Lipinski definition) is 2. The van der Waals surface area contributed by atoms with Crippen LogP contribution in [0.15, 0.2) is 34.9 Å². The molecule has 0 aliphatic heterocycles. The highest BCUT2D eigenvalue weighted by atomic mass is 32.2. The lowest BCUT2D eigenvalue weighted by atomic mass is 9.86. The van der Waals surface area contributed by atoms with E-state index in [1.165, 1.54) is 0 Å². The fourth-order valence-corrected chi connectivity index (χ4v) is 4.70. The molecule has 0 radical (unpaired) electrons. The van der Waals surface area contributed by atoms with Crippen LogP contribution in [0.5, 0.6) is 0 Å². The Morgan fingerprint density at radius 2 is 1.76 bits per heavy atom. The van der Waals surface area contributed by atoms with Crippen molar-refractivity contribution in [1.29, 1.82) is 0 Å². The third kappa shape index (κ3) is 4.90. The molecule has 1 aromatic carbocycles. The first kappa shape index (κ1) is 21.6. The zero-order valence-electron chi connectivity index (χ0n) is 17.5. The SMILES string of the molecule is Cc1c(NC(=O)C2CCC(NS(=O)(=O)C(C)C)CC2)ccc(-c2ccco2)c1C. The monoisotopic (exact) mass is 418 g/mol. The van der Waals surface area contributed by atoms with Crippen LogP contribution in [0.3, 0.4) is 0 Å². The lowest BCUT2D eigenvalue weighted by molar-refractivity contribution is -0.120. The van der Waals surface area contributed by atoms with Gasteiger partial charge in [0.2, 0.25) is 15.9 Å². The highest BCUT2D eigenvalue weighted by Crippen LogP contribution is 2.32. The summed E-state index contributed by atoms with van der Waals surface area (Å²) in [4.78, 5) is 12.8. The molecule has 1 amide bonds. The molecule has 1 heterocycles. The predicted octanol–water partition coefficient (Wildman–Crippen LogP) is 4.39. The van der Waals surface area contributed by atoms with Crippen LogP contribution >= 0.6 is 0 Å². The first-order valence-corrected chi connectivity index (χ1v) is 11.7. The van der Waals surface area contributed by atoms with E-state index >= 15 is 0 Å². The Morgan fingerprint density at radius 1 is 1.07 bits per heavy atom. The fraction of sp³-hybridized carbons (Fsp3) is 0.500. The number of amides is 1. The topological polar surface area (TPSA) is 88.4 Å². The third-order valence-corrected chi connectivity index (χ3v) is 7.78. The summed E-state index contributed by atoms with van der Waals surface area (Å²) in [7, 11) is -3.28. The molecule has 1 aromatic heterocycles. The van der Waals surface area contributed by atoms with Gasteiger partial charge in [-0.1, -0.05) is 0 Å². The fourth-order valence-electron chi connectivity index (χ4n) is 3.73. The van der Waals surface area contributed by atoms with E-state index in [0.717, 1.165) is 28.1 Å². The van der Waals surface area contributed by atoms with Crippen molar-refractivity contribution in [3.8, 4) is 11.3 Å². The number of hydrogen-bond acceptors (Lipinski definition) is 4. The van der Waals surface area contributed by atoms with Crippen LogP contribution in [0, 0.1) is 19.8 Å². The van der Waals surface area contributed by atoms with Crippen molar-refractivity contribution in [3.63, 3.8) is 0 Å². The quantitative estimate of drug-likeness (QED) is 0.728. The molecular weight excluding hydrogens is 388 g/mol. The lowest BCUT2D eigenvalue weighted by Crippen LogP contribution is -2.42. The average Bonchev–Trinajstić information content (AvgIpc) is 3.20. The van der Waals surface area contributed by atoms with Gasteiger partial charge in [0, 0.05) is 23.2 Å². The zero-order valence-corrected chi connectivity index (χ0v) is 18.3. The van der Waals surface area contributed by atoms with E-state index in [9.17, 15) is 13.2 Å². The Hall–Kier alpha value is -2.12. The minimum atomic E-state index is -3.28. The molecule has 158 valence electrons. The van der Waals surface area contributed by atoms with Crippen LogP contribution in [0.1, 0.15) is 50.7 Å². The molecule has 0 unspecified atom stereocenters. The maximum absolute atomic E-state index is 12.8. The van der Waals surface area contributed by atoms with Crippen LogP contribution < -0.4 is 10.0 Å². The maximum Gasteiger partial charge on any atom is 0.227 e. The van der Waals surface area contributed by atoms with Crippen LogP contribution in [0.2, 0.25) is 0 Å². The van der Waals surface area contributed by atoms with E-state index in [1.807, 2.05) is 38.1 Å². The van der Waals surface area contributed by atoms with Crippen molar-refractivity contribution in [2.45, 2.75) is 64.7 Å². The summed E-state index contributed by atoms with van der Waals surface area (Å²) in [6, 6.07) is 7.58. The second-order valence-corrected chi connectivity index (χ2v) is 10.4. The molecule has 3 rings (SSSR count). The van der Waals surface area contributed by atoms with E-state index in [-0.39, 0.29) is 17.9 Å². The number of sulfonamides is 1. The normalized spacial score (nSPS) is 20.0. The van der Waals surface area contributed by atoms with Gasteiger partial charge in [-0.25, -0.2) is 13.1 Å². The van der Waals surface area contributed by atoms with Crippen molar-refractivity contribution in [3.05, 3.63) is 41.7 Å². The Morgan fingerprint density at radius 3 is 2.34 bits per heavy atom. The number of rotatable bonds is 6. The number of carbonyl (C=O) groups excluding carboxylic acids is 1. The van der Waals surface area contributed by atoms with Crippen molar-refractivity contribution in [2.24, 2.45) is 5.92 Å². The zero-order chi connectivity index (χ0) is 21.2. The Kier molecular flexibility index (Phi) is 6.49. The molecule has 1 aliphatic rings. The summed E-state index contributed by atoms with van der Waals surface area (Å²) in [5.74, 6) is 0.716. The van der Waals surface area contributed by atoms with Gasteiger partial charge in [0.25, 0.3) is 0 Å². The summed E-state index contributed by atoms with van der Waals surface area (Å²) in [6.45, 7) is 7.36. The molecule has 0 atom stereocenters. The largest absolute Gasteiger partial charge is 0.464 e. The Balaban J connectivity index is 1.61. The molecule has 6 nitrogen and oxygen atoms in total. The molecule has 0 bridgehead atoms. The summed E-state index contributed by atoms with van der Waals surface area (Å²) in [6.07, 6.45) is 4.37. The van der Waals surface area contributed by atoms with Crippen LogP contribution in [0.4, 0.5) is 5.69 Å². The maximum atomic E-state index is 12.8. The number of anilines is 1. The number of carbonyl (C=O) groups is 1. The molecule has 0 spiro atoms. The van der Waals surface area contributed by atoms with Gasteiger partial charge in [0.05, 0.1) is 11.5 Å². The van der Waals surface area contributed by atoms with Crippen LogP contribution in [-0.2, 0) is 14.8 Å². The van der Waals surface area contributed by atoms with E-state index in [2.05, 4.69) is 10.0 Å². The molecule has 29 heavy (non-hydrogen) atoms. The second-order valence-electron chi connectivity index (χ2n) is 8.14. The van der Waals surface area contributed by atoms with Crippen molar-refractivity contribution < 1.29 is 17.6 Å². The first-order chi connectivity index (χ1) is 13.7. The molecule has 7 heteroatoms. The van der Waals surface area contributed by atoms with Gasteiger partial charge in [-0.05, 0) is 88.8 Å². The van der Waals surface area contributed by atoms with Gasteiger partial charge >= 0.3 is 0 Å². The van der Waals surface area contributed by atoms with Gasteiger partial charge in [-0.3, -0.25) is 4.79 Å². The van der Waals surface area contributed by atoms with E-state index < -0.39 is 15.3 Å². The molecular formula is C22H30N2O4S. The minimum Gasteiger partial charge on any atom is -0.464 e. The van der Waals surface area contributed by atoms with E-state index in [4.69, 9.17) is 4.42 Å².